The van der Waals surface area contributed by atoms with E-state index in [0.717, 1.165) is 38.3 Å². The molecule has 0 amide bonds. The van der Waals surface area contributed by atoms with Gasteiger partial charge in [-0.05, 0) is 37.1 Å². The molecule has 2 aliphatic rings. The molecule has 4 rings (SSSR count). The molecule has 5 nitrogen and oxygen atoms in total. The first-order valence-electron chi connectivity index (χ1n) is 8.41. The summed E-state index contributed by atoms with van der Waals surface area (Å²) in [6, 6.07) is 9.04. The Labute approximate surface area is 141 Å². The van der Waals surface area contributed by atoms with Gasteiger partial charge in [0.05, 0.1) is 19.7 Å². The lowest BCUT2D eigenvalue weighted by molar-refractivity contribution is -0.0632. The quantitative estimate of drug-likeness (QED) is 0.847. The van der Waals surface area contributed by atoms with Crippen molar-refractivity contribution in [1.82, 2.24) is 9.97 Å². The van der Waals surface area contributed by atoms with Crippen molar-refractivity contribution in [1.29, 1.82) is 0 Å². The predicted octanol–water partition coefficient (Wildman–Crippen LogP) is 2.49. The van der Waals surface area contributed by atoms with Gasteiger partial charge in [-0.1, -0.05) is 6.07 Å². The van der Waals surface area contributed by atoms with E-state index in [0.29, 0.717) is 19.0 Å². The molecule has 0 radical (unpaired) electrons. The normalized spacial score (nSPS) is 24.4. The van der Waals surface area contributed by atoms with Crippen LogP contribution in [0.1, 0.15) is 12.8 Å². The Morgan fingerprint density at radius 2 is 1.88 bits per heavy atom. The topological polar surface area (TPSA) is 41.5 Å². The van der Waals surface area contributed by atoms with Crippen LogP contribution in [0.4, 0.5) is 16.0 Å². The van der Waals surface area contributed by atoms with Crippen LogP contribution in [-0.2, 0) is 4.74 Å². The van der Waals surface area contributed by atoms with Crippen LogP contribution in [-0.4, -0.2) is 48.4 Å². The molecule has 0 bridgehead atoms. The number of nitrogens with zero attached hydrogens (tertiary/aromatic N) is 4. The molecule has 2 fully saturated rings. The molecule has 1 atom stereocenters. The number of pyridine rings is 2. The number of rotatable bonds is 2. The summed E-state index contributed by atoms with van der Waals surface area (Å²) in [6.07, 6.45) is 5.39. The molecule has 1 unspecified atom stereocenters. The Kier molecular flexibility index (Phi) is 4.06. The Morgan fingerprint density at radius 1 is 1.00 bits per heavy atom. The van der Waals surface area contributed by atoms with E-state index in [9.17, 15) is 4.39 Å². The number of halogens is 1. The van der Waals surface area contributed by atoms with Crippen LogP contribution in [0.5, 0.6) is 0 Å². The molecule has 126 valence electrons. The molecular formula is C18H21FN4O. The number of morpholine rings is 1. The fraction of sp³-hybridized carbons (Fsp3) is 0.444. The van der Waals surface area contributed by atoms with Crippen LogP contribution in [0.25, 0.3) is 0 Å². The molecule has 2 aliphatic heterocycles. The van der Waals surface area contributed by atoms with Crippen LogP contribution in [0.3, 0.4) is 0 Å². The van der Waals surface area contributed by atoms with Gasteiger partial charge in [-0.15, -0.1) is 0 Å². The van der Waals surface area contributed by atoms with Gasteiger partial charge < -0.3 is 14.5 Å². The maximum absolute atomic E-state index is 14.1. The van der Waals surface area contributed by atoms with Crippen molar-refractivity contribution in [2.45, 2.75) is 18.4 Å². The van der Waals surface area contributed by atoms with E-state index in [1.165, 1.54) is 6.07 Å². The largest absolute Gasteiger partial charge is 0.369 e. The number of hydrogen-bond acceptors (Lipinski definition) is 5. The summed E-state index contributed by atoms with van der Waals surface area (Å²) in [7, 11) is 0. The van der Waals surface area contributed by atoms with Gasteiger partial charge in [0.1, 0.15) is 11.4 Å². The minimum atomic E-state index is -0.294. The summed E-state index contributed by atoms with van der Waals surface area (Å²) in [5.74, 6) is 1.13. The van der Waals surface area contributed by atoms with Crippen molar-refractivity contribution in [3.63, 3.8) is 0 Å². The number of anilines is 2. The minimum Gasteiger partial charge on any atom is -0.369 e. The highest BCUT2D eigenvalue weighted by molar-refractivity contribution is 5.43. The monoisotopic (exact) mass is 328 g/mol. The Hall–Kier alpha value is -2.21. The third kappa shape index (κ3) is 2.94. The number of hydrogen-bond donors (Lipinski definition) is 0. The molecule has 2 saturated heterocycles. The van der Waals surface area contributed by atoms with Gasteiger partial charge in [0, 0.05) is 25.5 Å². The smallest absolute Gasteiger partial charge is 0.165 e. The molecule has 0 N–H and O–H groups in total. The third-order valence-corrected chi connectivity index (χ3v) is 4.80. The lowest BCUT2D eigenvalue weighted by atomic mass is 9.90. The summed E-state index contributed by atoms with van der Waals surface area (Å²) in [6.45, 7) is 3.73. The average Bonchev–Trinajstić information content (AvgIpc) is 2.63. The molecule has 24 heavy (non-hydrogen) atoms. The van der Waals surface area contributed by atoms with E-state index in [-0.39, 0.29) is 11.4 Å². The lowest BCUT2D eigenvalue weighted by Crippen LogP contribution is -2.60. The zero-order chi connectivity index (χ0) is 16.4. The average molecular weight is 328 g/mol. The summed E-state index contributed by atoms with van der Waals surface area (Å²) < 4.78 is 20.3. The van der Waals surface area contributed by atoms with Crippen molar-refractivity contribution in [3.05, 3.63) is 48.5 Å². The second kappa shape index (κ2) is 6.36. The van der Waals surface area contributed by atoms with Gasteiger partial charge in [-0.2, -0.15) is 0 Å². The van der Waals surface area contributed by atoms with Gasteiger partial charge in [-0.25, -0.2) is 14.4 Å². The first kappa shape index (κ1) is 15.3. The second-order valence-electron chi connectivity index (χ2n) is 6.47. The van der Waals surface area contributed by atoms with Crippen molar-refractivity contribution in [2.24, 2.45) is 0 Å². The zero-order valence-electron chi connectivity index (χ0n) is 13.6. The van der Waals surface area contributed by atoms with Crippen LogP contribution in [0.15, 0.2) is 42.7 Å². The van der Waals surface area contributed by atoms with Crippen LogP contribution in [0, 0.1) is 5.82 Å². The van der Waals surface area contributed by atoms with Crippen LogP contribution in [0.2, 0.25) is 0 Å². The van der Waals surface area contributed by atoms with Gasteiger partial charge in [0.2, 0.25) is 0 Å². The SMILES string of the molecule is Fc1cccnc1N1CCCC2(CN(c3ccccn3)CCO2)C1. The van der Waals surface area contributed by atoms with E-state index < -0.39 is 0 Å². The fourth-order valence-electron chi connectivity index (χ4n) is 3.72. The van der Waals surface area contributed by atoms with Crippen molar-refractivity contribution in [2.75, 3.05) is 42.6 Å². The Morgan fingerprint density at radius 3 is 2.71 bits per heavy atom. The molecule has 0 aromatic carbocycles. The second-order valence-corrected chi connectivity index (χ2v) is 6.47. The number of piperidine rings is 1. The van der Waals surface area contributed by atoms with Crippen molar-refractivity contribution in [3.8, 4) is 0 Å². The Bertz CT molecular complexity index is 694. The van der Waals surface area contributed by atoms with E-state index in [4.69, 9.17) is 4.74 Å². The maximum Gasteiger partial charge on any atom is 0.165 e. The number of ether oxygens (including phenoxy) is 1. The Balaban J connectivity index is 1.55. The molecule has 0 aliphatic carbocycles. The predicted molar refractivity (Wildman–Crippen MR) is 90.8 cm³/mol. The van der Waals surface area contributed by atoms with Gasteiger partial charge in [0.25, 0.3) is 0 Å². The zero-order valence-corrected chi connectivity index (χ0v) is 13.6. The fourth-order valence-corrected chi connectivity index (χ4v) is 3.72. The molecule has 4 heterocycles. The standard InChI is InChI=1S/C18H21FN4O/c19-15-5-3-9-21-17(15)23-10-4-7-18(14-23)13-22(11-12-24-18)16-6-1-2-8-20-16/h1-3,5-6,8-9H,4,7,10-14H2. The van der Waals surface area contributed by atoms with E-state index >= 15 is 0 Å². The van der Waals surface area contributed by atoms with Crippen LogP contribution < -0.4 is 9.80 Å². The summed E-state index contributed by atoms with van der Waals surface area (Å²) in [4.78, 5) is 13.0. The van der Waals surface area contributed by atoms with Crippen molar-refractivity contribution >= 4 is 11.6 Å². The minimum absolute atomic E-state index is 0.271. The first-order chi connectivity index (χ1) is 11.8. The van der Waals surface area contributed by atoms with Gasteiger partial charge >= 0.3 is 0 Å². The molecule has 2 aromatic heterocycles. The summed E-state index contributed by atoms with van der Waals surface area (Å²) in [5, 5.41) is 0. The van der Waals surface area contributed by atoms with Gasteiger partial charge in [0.15, 0.2) is 11.6 Å². The third-order valence-electron chi connectivity index (χ3n) is 4.80. The maximum atomic E-state index is 14.1. The molecule has 1 spiro atoms. The molecular weight excluding hydrogens is 307 g/mol. The van der Waals surface area contributed by atoms with E-state index in [2.05, 4.69) is 14.9 Å². The van der Waals surface area contributed by atoms with E-state index in [1.54, 1.807) is 12.3 Å². The first-order valence-corrected chi connectivity index (χ1v) is 8.41. The molecule has 6 heteroatoms. The molecule has 2 aromatic rings. The van der Waals surface area contributed by atoms with Crippen LogP contribution >= 0.6 is 0 Å². The summed E-state index contributed by atoms with van der Waals surface area (Å²) >= 11 is 0. The number of aromatic nitrogens is 2. The highest BCUT2D eigenvalue weighted by Gasteiger charge is 2.41. The summed E-state index contributed by atoms with van der Waals surface area (Å²) in [5.41, 5.74) is -0.294. The molecule has 0 saturated carbocycles. The highest BCUT2D eigenvalue weighted by Crippen LogP contribution is 2.32. The van der Waals surface area contributed by atoms with Gasteiger partial charge in [-0.3, -0.25) is 0 Å². The van der Waals surface area contributed by atoms with E-state index in [1.807, 2.05) is 29.3 Å². The highest BCUT2D eigenvalue weighted by atomic mass is 19.1. The van der Waals surface area contributed by atoms with Crippen molar-refractivity contribution < 1.29 is 9.13 Å². The lowest BCUT2D eigenvalue weighted by Gasteiger charge is -2.48.